The Hall–Kier alpha value is -1.14. The largest absolute Gasteiger partial charge is 0.352 e. The number of carbonyl (C=O) groups is 1. The lowest BCUT2D eigenvalue weighted by Crippen LogP contribution is -2.26. The van der Waals surface area contributed by atoms with E-state index in [2.05, 4.69) is 10.3 Å². The van der Waals surface area contributed by atoms with Gasteiger partial charge < -0.3 is 5.32 Å². The van der Waals surface area contributed by atoms with E-state index in [-0.39, 0.29) is 5.91 Å². The maximum absolute atomic E-state index is 12.6. The number of thioether (sulfide) groups is 2. The van der Waals surface area contributed by atoms with Gasteiger partial charge in [-0.25, -0.2) is 0 Å². The van der Waals surface area contributed by atoms with Crippen molar-refractivity contribution in [2.24, 2.45) is 4.99 Å². The second kappa shape index (κ2) is 9.70. The van der Waals surface area contributed by atoms with Crippen LogP contribution in [0, 0.1) is 0 Å². The molecule has 0 spiro atoms. The summed E-state index contributed by atoms with van der Waals surface area (Å²) in [6.45, 7) is 1.41. The molecular weight excluding hydrogens is 407 g/mol. The lowest BCUT2D eigenvalue weighted by molar-refractivity contribution is 0.0953. The minimum atomic E-state index is -0.0627. The number of hydrogen-bond donors (Lipinski definition) is 1. The van der Waals surface area contributed by atoms with Crippen LogP contribution in [0.2, 0.25) is 10.0 Å². The van der Waals surface area contributed by atoms with Crippen LogP contribution >= 0.6 is 46.7 Å². The number of aliphatic imine (C=N–C) groups is 1. The molecule has 26 heavy (non-hydrogen) atoms. The predicted octanol–water partition coefficient (Wildman–Crippen LogP) is 5.30. The Bertz CT molecular complexity index is 827. The predicted molar refractivity (Wildman–Crippen MR) is 115 cm³/mol. The van der Waals surface area contributed by atoms with E-state index >= 15 is 0 Å². The van der Waals surface area contributed by atoms with Gasteiger partial charge in [0.1, 0.15) is 4.38 Å². The van der Waals surface area contributed by atoms with Crippen molar-refractivity contribution in [3.63, 3.8) is 0 Å². The van der Waals surface area contributed by atoms with E-state index in [1.807, 2.05) is 30.3 Å². The van der Waals surface area contributed by atoms with Crippen molar-refractivity contribution in [1.29, 1.82) is 0 Å². The fourth-order valence-electron chi connectivity index (χ4n) is 2.54. The van der Waals surface area contributed by atoms with Crippen molar-refractivity contribution in [2.75, 3.05) is 18.8 Å². The molecule has 0 fully saturated rings. The molecule has 2 aromatic rings. The van der Waals surface area contributed by atoms with Gasteiger partial charge in [0.2, 0.25) is 0 Å². The molecule has 0 atom stereocenters. The van der Waals surface area contributed by atoms with Gasteiger partial charge in [-0.3, -0.25) is 9.79 Å². The fourth-order valence-corrected chi connectivity index (χ4v) is 5.06. The Morgan fingerprint density at radius 1 is 1.19 bits per heavy atom. The van der Waals surface area contributed by atoms with Crippen LogP contribution in [-0.4, -0.2) is 29.1 Å². The van der Waals surface area contributed by atoms with Crippen molar-refractivity contribution in [3.05, 3.63) is 69.2 Å². The van der Waals surface area contributed by atoms with Crippen molar-refractivity contribution in [2.45, 2.75) is 12.2 Å². The summed E-state index contributed by atoms with van der Waals surface area (Å²) in [5, 5.41) is 4.22. The summed E-state index contributed by atoms with van der Waals surface area (Å²) in [5.74, 6) is 1.74. The second-order valence-corrected chi connectivity index (χ2v) is 8.83. The van der Waals surface area contributed by atoms with E-state index in [9.17, 15) is 4.79 Å². The Morgan fingerprint density at radius 2 is 2.04 bits per heavy atom. The van der Waals surface area contributed by atoms with E-state index < -0.39 is 0 Å². The summed E-state index contributed by atoms with van der Waals surface area (Å²) in [6.07, 6.45) is 0.659. The van der Waals surface area contributed by atoms with E-state index in [4.69, 9.17) is 23.2 Å². The van der Waals surface area contributed by atoms with E-state index in [1.54, 1.807) is 35.7 Å². The first-order valence-corrected chi connectivity index (χ1v) is 11.0. The average molecular weight is 425 g/mol. The van der Waals surface area contributed by atoms with E-state index in [0.29, 0.717) is 28.6 Å². The molecule has 0 unspecified atom stereocenters. The zero-order chi connectivity index (χ0) is 18.4. The van der Waals surface area contributed by atoms with Gasteiger partial charge in [-0.15, -0.1) is 0 Å². The van der Waals surface area contributed by atoms with Crippen molar-refractivity contribution in [1.82, 2.24) is 5.32 Å². The standard InChI is InChI=1S/C19H18Cl2N2OS2/c20-15-6-5-13(17(21)11-15)7-8-22-18(24)16-4-2-1-3-14(16)12-26-19-23-9-10-25-19/h1-6,11H,7-10,12H2,(H,22,24). The van der Waals surface area contributed by atoms with Crippen molar-refractivity contribution < 1.29 is 4.79 Å². The maximum Gasteiger partial charge on any atom is 0.251 e. The number of carbonyl (C=O) groups excluding carboxylic acids is 1. The smallest absolute Gasteiger partial charge is 0.251 e. The zero-order valence-electron chi connectivity index (χ0n) is 14.0. The quantitative estimate of drug-likeness (QED) is 0.683. The van der Waals surface area contributed by atoms with Gasteiger partial charge in [0.05, 0.1) is 6.54 Å². The molecular formula is C19H18Cl2N2OS2. The summed E-state index contributed by atoms with van der Waals surface area (Å²) in [6, 6.07) is 13.1. The van der Waals surface area contributed by atoms with Crippen LogP contribution in [-0.2, 0) is 12.2 Å². The molecule has 136 valence electrons. The molecule has 0 saturated heterocycles. The highest BCUT2D eigenvalue weighted by molar-refractivity contribution is 8.38. The molecule has 3 rings (SSSR count). The number of nitrogens with one attached hydrogen (secondary N) is 1. The van der Waals surface area contributed by atoms with Crippen LogP contribution in [0.4, 0.5) is 0 Å². The number of amides is 1. The van der Waals surface area contributed by atoms with Gasteiger partial charge >= 0.3 is 0 Å². The number of rotatable bonds is 6. The summed E-state index contributed by atoms with van der Waals surface area (Å²) >= 11 is 15.6. The Balaban J connectivity index is 1.57. The molecule has 1 aliphatic heterocycles. The highest BCUT2D eigenvalue weighted by Crippen LogP contribution is 2.26. The average Bonchev–Trinajstić information content (AvgIpc) is 3.15. The summed E-state index contributed by atoms with van der Waals surface area (Å²) < 4.78 is 1.11. The fraction of sp³-hybridized carbons (Fsp3) is 0.263. The summed E-state index contributed by atoms with van der Waals surface area (Å²) in [4.78, 5) is 17.0. The van der Waals surface area contributed by atoms with Gasteiger partial charge in [-0.05, 0) is 35.7 Å². The van der Waals surface area contributed by atoms with Gasteiger partial charge in [-0.2, -0.15) is 0 Å². The number of benzene rings is 2. The molecule has 7 heteroatoms. The first-order valence-electron chi connectivity index (χ1n) is 8.23. The van der Waals surface area contributed by atoms with Gasteiger partial charge in [-0.1, -0.05) is 71.0 Å². The summed E-state index contributed by atoms with van der Waals surface area (Å²) in [5.41, 5.74) is 2.71. The first-order chi connectivity index (χ1) is 12.6. The number of halogens is 2. The normalized spacial score (nSPS) is 13.5. The van der Waals surface area contributed by atoms with Gasteiger partial charge in [0.25, 0.3) is 5.91 Å². The maximum atomic E-state index is 12.6. The van der Waals surface area contributed by atoms with Crippen molar-refractivity contribution >= 4 is 57.0 Å². The molecule has 0 bridgehead atoms. The molecule has 0 saturated carbocycles. The van der Waals surface area contributed by atoms with Crippen LogP contribution in [0.1, 0.15) is 21.5 Å². The third-order valence-electron chi connectivity index (χ3n) is 3.87. The number of hydrogen-bond acceptors (Lipinski definition) is 4. The highest BCUT2D eigenvalue weighted by Gasteiger charge is 2.13. The Labute approximate surface area is 171 Å². The Kier molecular flexibility index (Phi) is 7.32. The van der Waals surface area contributed by atoms with Gasteiger partial charge in [0, 0.05) is 33.7 Å². The Morgan fingerprint density at radius 3 is 2.81 bits per heavy atom. The zero-order valence-corrected chi connectivity index (χ0v) is 17.1. The lowest BCUT2D eigenvalue weighted by Gasteiger charge is -2.11. The topological polar surface area (TPSA) is 41.5 Å². The molecule has 0 aromatic heterocycles. The van der Waals surface area contributed by atoms with Crippen molar-refractivity contribution in [3.8, 4) is 0 Å². The van der Waals surface area contributed by atoms with Crippen LogP contribution < -0.4 is 5.32 Å². The molecule has 1 heterocycles. The summed E-state index contributed by atoms with van der Waals surface area (Å²) in [7, 11) is 0. The molecule has 2 aromatic carbocycles. The molecule has 0 aliphatic carbocycles. The molecule has 1 aliphatic rings. The number of nitrogens with zero attached hydrogens (tertiary/aromatic N) is 1. The van der Waals surface area contributed by atoms with Crippen LogP contribution in [0.25, 0.3) is 0 Å². The monoisotopic (exact) mass is 424 g/mol. The molecule has 0 radical (unpaired) electrons. The third-order valence-corrected chi connectivity index (χ3v) is 6.75. The minimum absolute atomic E-state index is 0.0627. The third kappa shape index (κ3) is 5.43. The highest BCUT2D eigenvalue weighted by atomic mass is 35.5. The van der Waals surface area contributed by atoms with Crippen LogP contribution in [0.3, 0.4) is 0 Å². The second-order valence-electron chi connectivity index (χ2n) is 5.68. The van der Waals surface area contributed by atoms with Gasteiger partial charge in [0.15, 0.2) is 0 Å². The molecule has 1 N–H and O–H groups in total. The molecule has 1 amide bonds. The van der Waals surface area contributed by atoms with E-state index in [0.717, 1.165) is 33.6 Å². The lowest BCUT2D eigenvalue weighted by atomic mass is 10.1. The van der Waals surface area contributed by atoms with Crippen LogP contribution in [0.5, 0.6) is 0 Å². The SMILES string of the molecule is O=C(NCCc1ccc(Cl)cc1Cl)c1ccccc1CSC1=NCCS1. The molecule has 3 nitrogen and oxygen atoms in total. The van der Waals surface area contributed by atoms with E-state index in [1.165, 1.54) is 0 Å². The minimum Gasteiger partial charge on any atom is -0.352 e. The first kappa shape index (κ1) is 19.6. The van der Waals surface area contributed by atoms with Crippen LogP contribution in [0.15, 0.2) is 47.5 Å².